The largest absolute Gasteiger partial charge is 0.302 e. The van der Waals surface area contributed by atoms with Crippen LogP contribution in [0.25, 0.3) is 10.2 Å². The summed E-state index contributed by atoms with van der Waals surface area (Å²) in [6.07, 6.45) is 1.21. The van der Waals surface area contributed by atoms with Gasteiger partial charge in [-0.25, -0.2) is 9.37 Å². The average molecular weight is 389 g/mol. The molecule has 3 nitrogen and oxygen atoms in total. The first-order chi connectivity index (χ1) is 12.5. The third kappa shape index (κ3) is 4.83. The van der Waals surface area contributed by atoms with Crippen molar-refractivity contribution < 1.29 is 9.18 Å². The molecule has 0 aliphatic rings. The molecule has 3 rings (SSSR count). The van der Waals surface area contributed by atoms with Gasteiger partial charge in [-0.05, 0) is 54.0 Å². The Labute approximate surface area is 161 Å². The molecule has 0 fully saturated rings. The number of halogens is 1. The smallest absolute Gasteiger partial charge is 0.226 e. The van der Waals surface area contributed by atoms with Gasteiger partial charge >= 0.3 is 0 Å². The number of anilines is 1. The van der Waals surface area contributed by atoms with Crippen LogP contribution in [0, 0.1) is 5.82 Å². The van der Waals surface area contributed by atoms with Gasteiger partial charge in [0.15, 0.2) is 5.13 Å². The molecule has 0 unspecified atom stereocenters. The van der Waals surface area contributed by atoms with E-state index < -0.39 is 0 Å². The van der Waals surface area contributed by atoms with Crippen LogP contribution in [0.1, 0.15) is 38.2 Å². The Morgan fingerprint density at radius 2 is 2.00 bits per heavy atom. The number of para-hydroxylation sites is 1. The number of fused-ring (bicyclic) bond motifs is 1. The lowest BCUT2D eigenvalue weighted by Gasteiger charge is -2.04. The number of rotatable bonds is 7. The first-order valence-electron chi connectivity index (χ1n) is 8.60. The molecule has 0 radical (unpaired) electrons. The van der Waals surface area contributed by atoms with Gasteiger partial charge in [-0.1, -0.05) is 37.3 Å². The molecule has 26 heavy (non-hydrogen) atoms. The number of aromatic nitrogens is 1. The Kier molecular flexibility index (Phi) is 6.27. The summed E-state index contributed by atoms with van der Waals surface area (Å²) in [5.74, 6) is 0.962. The summed E-state index contributed by atoms with van der Waals surface area (Å²) in [5, 5.41) is 3.57. The molecule has 1 aromatic heterocycles. The summed E-state index contributed by atoms with van der Waals surface area (Å²) in [5.41, 5.74) is 2.18. The highest BCUT2D eigenvalue weighted by Crippen LogP contribution is 2.31. The van der Waals surface area contributed by atoms with Crippen LogP contribution in [0.5, 0.6) is 0 Å². The first-order valence-corrected chi connectivity index (χ1v) is 10.4. The summed E-state index contributed by atoms with van der Waals surface area (Å²) in [4.78, 5) is 17.8. The highest BCUT2D eigenvalue weighted by atomic mass is 32.2. The van der Waals surface area contributed by atoms with Crippen molar-refractivity contribution in [3.8, 4) is 0 Å². The maximum atomic E-state index is 12.9. The minimum atomic E-state index is -0.231. The minimum Gasteiger partial charge on any atom is -0.302 e. The topological polar surface area (TPSA) is 42.0 Å². The van der Waals surface area contributed by atoms with Gasteiger partial charge < -0.3 is 5.32 Å². The van der Waals surface area contributed by atoms with Gasteiger partial charge in [-0.2, -0.15) is 0 Å². The molecule has 136 valence electrons. The molecule has 3 aromatic rings. The molecule has 0 bridgehead atoms. The Bertz CT molecular complexity index is 890. The molecular formula is C20H21FN2OS2. The summed E-state index contributed by atoms with van der Waals surface area (Å²) in [7, 11) is 0. The van der Waals surface area contributed by atoms with Crippen molar-refractivity contribution in [3.05, 3.63) is 53.8 Å². The number of thiazole rings is 1. The molecule has 0 atom stereocenters. The molecule has 0 aliphatic carbocycles. The van der Waals surface area contributed by atoms with E-state index in [4.69, 9.17) is 0 Å². The normalized spacial score (nSPS) is 11.2. The van der Waals surface area contributed by atoms with E-state index in [0.717, 1.165) is 27.3 Å². The van der Waals surface area contributed by atoms with E-state index in [0.29, 0.717) is 17.5 Å². The number of hydrogen-bond acceptors (Lipinski definition) is 4. The highest BCUT2D eigenvalue weighted by Gasteiger charge is 2.12. The van der Waals surface area contributed by atoms with Gasteiger partial charge in [0.25, 0.3) is 0 Å². The second kappa shape index (κ2) is 8.64. The van der Waals surface area contributed by atoms with Crippen LogP contribution >= 0.6 is 23.1 Å². The molecule has 0 saturated carbocycles. The zero-order valence-corrected chi connectivity index (χ0v) is 16.4. The van der Waals surface area contributed by atoms with E-state index in [9.17, 15) is 9.18 Å². The van der Waals surface area contributed by atoms with Crippen LogP contribution in [0.3, 0.4) is 0 Å². The predicted molar refractivity (Wildman–Crippen MR) is 109 cm³/mol. The van der Waals surface area contributed by atoms with Crippen molar-refractivity contribution in [3.63, 3.8) is 0 Å². The molecule has 6 heteroatoms. The molecule has 1 amide bonds. The van der Waals surface area contributed by atoms with E-state index in [-0.39, 0.29) is 11.7 Å². The van der Waals surface area contributed by atoms with Crippen molar-refractivity contribution in [1.82, 2.24) is 4.98 Å². The second-order valence-corrected chi connectivity index (χ2v) is 8.52. The Balaban J connectivity index is 1.51. The summed E-state index contributed by atoms with van der Waals surface area (Å²) in [6.45, 7) is 4.29. The SMILES string of the molecule is CC(C)c1cccc2sc(NC(=O)CCCSc3ccc(F)cc3)nc12. The van der Waals surface area contributed by atoms with Crippen LogP contribution in [-0.4, -0.2) is 16.6 Å². The van der Waals surface area contributed by atoms with E-state index in [1.807, 2.05) is 12.1 Å². The van der Waals surface area contributed by atoms with Crippen molar-refractivity contribution in [2.24, 2.45) is 0 Å². The van der Waals surface area contributed by atoms with Crippen LogP contribution in [0.15, 0.2) is 47.4 Å². The van der Waals surface area contributed by atoms with Crippen molar-refractivity contribution in [2.75, 3.05) is 11.1 Å². The lowest BCUT2D eigenvalue weighted by Crippen LogP contribution is -2.11. The van der Waals surface area contributed by atoms with Gasteiger partial charge in [0.1, 0.15) is 5.82 Å². The van der Waals surface area contributed by atoms with Gasteiger partial charge in [-0.3, -0.25) is 4.79 Å². The lowest BCUT2D eigenvalue weighted by atomic mass is 10.0. The maximum Gasteiger partial charge on any atom is 0.226 e. The van der Waals surface area contributed by atoms with Gasteiger partial charge in [0.05, 0.1) is 10.2 Å². The van der Waals surface area contributed by atoms with Gasteiger partial charge in [-0.15, -0.1) is 11.8 Å². The van der Waals surface area contributed by atoms with Crippen molar-refractivity contribution in [1.29, 1.82) is 0 Å². The van der Waals surface area contributed by atoms with Crippen LogP contribution in [-0.2, 0) is 4.79 Å². The second-order valence-electron chi connectivity index (χ2n) is 6.32. The number of carbonyl (C=O) groups excluding carboxylic acids is 1. The van der Waals surface area contributed by atoms with Crippen LogP contribution in [0.2, 0.25) is 0 Å². The number of nitrogens with zero attached hydrogens (tertiary/aromatic N) is 1. The zero-order valence-electron chi connectivity index (χ0n) is 14.8. The summed E-state index contributed by atoms with van der Waals surface area (Å²) in [6, 6.07) is 12.6. The lowest BCUT2D eigenvalue weighted by molar-refractivity contribution is -0.116. The van der Waals surface area contributed by atoms with Crippen molar-refractivity contribution in [2.45, 2.75) is 37.5 Å². The number of nitrogens with one attached hydrogen (secondary N) is 1. The number of benzene rings is 2. The molecule has 2 aromatic carbocycles. The fraction of sp³-hybridized carbons (Fsp3) is 0.300. The zero-order chi connectivity index (χ0) is 18.5. The number of carbonyl (C=O) groups is 1. The molecular weight excluding hydrogens is 367 g/mol. The highest BCUT2D eigenvalue weighted by molar-refractivity contribution is 7.99. The summed E-state index contributed by atoms with van der Waals surface area (Å²) < 4.78 is 14.0. The fourth-order valence-corrected chi connectivity index (χ4v) is 4.39. The molecule has 0 saturated heterocycles. The summed E-state index contributed by atoms with van der Waals surface area (Å²) >= 11 is 3.14. The van der Waals surface area contributed by atoms with Crippen LogP contribution in [0.4, 0.5) is 9.52 Å². The number of amides is 1. The third-order valence-corrected chi connectivity index (χ3v) is 5.98. The predicted octanol–water partition coefficient (Wildman–Crippen LogP) is 6.07. The molecule has 1 N–H and O–H groups in total. The van der Waals surface area contributed by atoms with Gasteiger partial charge in [0.2, 0.25) is 5.91 Å². The van der Waals surface area contributed by atoms with Crippen molar-refractivity contribution >= 4 is 44.4 Å². The maximum absolute atomic E-state index is 12.9. The first kappa shape index (κ1) is 18.9. The Morgan fingerprint density at radius 3 is 2.73 bits per heavy atom. The molecule has 0 aliphatic heterocycles. The van der Waals surface area contributed by atoms with Crippen LogP contribution < -0.4 is 5.32 Å². The quantitative estimate of drug-likeness (QED) is 0.394. The standard InChI is InChI=1S/C20H21FN2OS2/c1-13(2)16-5-3-6-17-19(16)23-20(26-17)22-18(24)7-4-12-25-15-10-8-14(21)9-11-15/h3,5-6,8-11,13H,4,7,12H2,1-2H3,(H,22,23,24). The van der Waals surface area contributed by atoms with E-state index >= 15 is 0 Å². The van der Waals surface area contributed by atoms with E-state index in [1.165, 1.54) is 29.0 Å². The minimum absolute atomic E-state index is 0.0186. The van der Waals surface area contributed by atoms with E-state index in [1.54, 1.807) is 23.9 Å². The molecule has 0 spiro atoms. The average Bonchev–Trinajstić information content (AvgIpc) is 3.02. The molecule has 1 heterocycles. The Morgan fingerprint density at radius 1 is 1.23 bits per heavy atom. The van der Waals surface area contributed by atoms with Gasteiger partial charge in [0, 0.05) is 11.3 Å². The Hall–Kier alpha value is -1.92. The monoisotopic (exact) mass is 388 g/mol. The third-order valence-electron chi connectivity index (χ3n) is 3.95. The number of hydrogen-bond donors (Lipinski definition) is 1. The fourth-order valence-electron chi connectivity index (χ4n) is 2.62. The number of thioether (sulfide) groups is 1. The van der Waals surface area contributed by atoms with E-state index in [2.05, 4.69) is 30.2 Å².